The highest BCUT2D eigenvalue weighted by atomic mass is 15.0. The minimum absolute atomic E-state index is 0.806. The van der Waals surface area contributed by atoms with E-state index in [-0.39, 0.29) is 0 Å². The average Bonchev–Trinajstić information content (AvgIpc) is 2.53. The van der Waals surface area contributed by atoms with Crippen molar-refractivity contribution in [2.45, 2.75) is 13.3 Å². The Morgan fingerprint density at radius 2 is 1.95 bits per heavy atom. The molecule has 0 unspecified atom stereocenters. The Kier molecular flexibility index (Phi) is 3.29. The smallest absolute Gasteiger partial charge is 0.131 e. The highest BCUT2D eigenvalue weighted by Gasteiger charge is 2.09. The van der Waals surface area contributed by atoms with Gasteiger partial charge in [-0.2, -0.15) is 0 Å². The number of anilines is 1. The van der Waals surface area contributed by atoms with Crippen LogP contribution in [0.1, 0.15) is 12.7 Å². The monoisotopic (exact) mass is 264 g/mol. The van der Waals surface area contributed by atoms with E-state index in [1.54, 1.807) is 0 Å². The number of hydrogen-bond acceptors (Lipinski definition) is 4. The molecule has 20 heavy (non-hydrogen) atoms. The fraction of sp³-hybridized carbons (Fsp3) is 0.188. The first kappa shape index (κ1) is 12.5. The minimum atomic E-state index is 0.806. The molecule has 3 rings (SSSR count). The van der Waals surface area contributed by atoms with Crippen molar-refractivity contribution in [3.05, 3.63) is 48.4 Å². The number of aryl methyl sites for hydroxylation is 1. The van der Waals surface area contributed by atoms with Crippen molar-refractivity contribution in [2.75, 3.05) is 12.4 Å². The third-order valence-electron chi connectivity index (χ3n) is 3.25. The number of nitrogens with zero attached hydrogens (tertiary/aromatic N) is 3. The molecule has 0 saturated carbocycles. The van der Waals surface area contributed by atoms with Crippen LogP contribution in [0.5, 0.6) is 0 Å². The van der Waals surface area contributed by atoms with Crippen LogP contribution in [0.3, 0.4) is 0 Å². The van der Waals surface area contributed by atoms with Gasteiger partial charge in [-0.05, 0) is 6.07 Å². The average molecular weight is 264 g/mol. The molecule has 1 aromatic carbocycles. The van der Waals surface area contributed by atoms with E-state index < -0.39 is 0 Å². The van der Waals surface area contributed by atoms with E-state index in [1.807, 2.05) is 31.4 Å². The first-order chi connectivity index (χ1) is 9.81. The quantitative estimate of drug-likeness (QED) is 0.788. The van der Waals surface area contributed by atoms with E-state index in [1.165, 1.54) is 0 Å². The molecule has 0 aliphatic rings. The van der Waals surface area contributed by atoms with Crippen molar-refractivity contribution in [3.8, 4) is 11.3 Å². The van der Waals surface area contributed by atoms with Crippen molar-refractivity contribution in [3.63, 3.8) is 0 Å². The van der Waals surface area contributed by atoms with Crippen LogP contribution in [0.15, 0.2) is 42.6 Å². The lowest BCUT2D eigenvalue weighted by molar-refractivity contribution is 0.945. The predicted octanol–water partition coefficient (Wildman–Crippen LogP) is 3.30. The maximum absolute atomic E-state index is 4.63. The maximum atomic E-state index is 4.63. The number of benzene rings is 1. The first-order valence-electron chi connectivity index (χ1n) is 6.71. The van der Waals surface area contributed by atoms with Crippen molar-refractivity contribution in [1.29, 1.82) is 0 Å². The number of hydrogen-bond donors (Lipinski definition) is 1. The summed E-state index contributed by atoms with van der Waals surface area (Å²) in [6.07, 6.45) is 2.62. The third kappa shape index (κ3) is 2.20. The van der Waals surface area contributed by atoms with Crippen LogP contribution in [0, 0.1) is 0 Å². The fourth-order valence-electron chi connectivity index (χ4n) is 2.23. The van der Waals surface area contributed by atoms with Gasteiger partial charge in [-0.3, -0.25) is 4.98 Å². The Morgan fingerprint density at radius 3 is 2.75 bits per heavy atom. The molecule has 0 spiro atoms. The highest BCUT2D eigenvalue weighted by Crippen LogP contribution is 2.26. The lowest BCUT2D eigenvalue weighted by Crippen LogP contribution is -2.01. The van der Waals surface area contributed by atoms with Gasteiger partial charge in [0, 0.05) is 36.7 Å². The molecular formula is C16H16N4. The van der Waals surface area contributed by atoms with Crippen molar-refractivity contribution in [2.24, 2.45) is 0 Å². The minimum Gasteiger partial charge on any atom is -0.373 e. The molecule has 1 N–H and O–H groups in total. The summed E-state index contributed by atoms with van der Waals surface area (Å²) in [7, 11) is 1.87. The van der Waals surface area contributed by atoms with E-state index >= 15 is 0 Å². The number of pyridine rings is 1. The van der Waals surface area contributed by atoms with Gasteiger partial charge < -0.3 is 5.32 Å². The van der Waals surface area contributed by atoms with Gasteiger partial charge in [0.25, 0.3) is 0 Å². The van der Waals surface area contributed by atoms with Crippen LogP contribution in [-0.2, 0) is 6.42 Å². The zero-order valence-electron chi connectivity index (χ0n) is 11.6. The largest absolute Gasteiger partial charge is 0.373 e. The summed E-state index contributed by atoms with van der Waals surface area (Å²) in [5.41, 5.74) is 2.92. The first-order valence-corrected chi connectivity index (χ1v) is 6.71. The molecular weight excluding hydrogens is 248 g/mol. The van der Waals surface area contributed by atoms with Crippen LogP contribution >= 0.6 is 0 Å². The van der Waals surface area contributed by atoms with Crippen molar-refractivity contribution in [1.82, 2.24) is 15.0 Å². The summed E-state index contributed by atoms with van der Waals surface area (Å²) in [4.78, 5) is 13.6. The van der Waals surface area contributed by atoms with Crippen molar-refractivity contribution < 1.29 is 0 Å². The number of nitrogens with one attached hydrogen (secondary N) is 1. The van der Waals surface area contributed by atoms with Gasteiger partial charge in [0.05, 0.1) is 11.2 Å². The molecule has 0 fully saturated rings. The molecule has 0 aliphatic heterocycles. The molecule has 4 nitrogen and oxygen atoms in total. The summed E-state index contributed by atoms with van der Waals surface area (Å²) < 4.78 is 0. The molecule has 0 radical (unpaired) electrons. The number of fused-ring (bicyclic) bond motifs is 1. The topological polar surface area (TPSA) is 50.7 Å². The second-order valence-electron chi connectivity index (χ2n) is 4.54. The van der Waals surface area contributed by atoms with E-state index in [0.717, 1.165) is 40.2 Å². The van der Waals surface area contributed by atoms with Gasteiger partial charge in [-0.25, -0.2) is 9.97 Å². The van der Waals surface area contributed by atoms with Gasteiger partial charge in [0.15, 0.2) is 0 Å². The molecule has 0 saturated heterocycles. The second kappa shape index (κ2) is 5.25. The second-order valence-corrected chi connectivity index (χ2v) is 4.54. The van der Waals surface area contributed by atoms with Crippen LogP contribution in [0.4, 0.5) is 5.82 Å². The normalized spacial score (nSPS) is 10.7. The van der Waals surface area contributed by atoms with E-state index in [9.17, 15) is 0 Å². The van der Waals surface area contributed by atoms with Crippen LogP contribution in [0.2, 0.25) is 0 Å². The molecule has 100 valence electrons. The third-order valence-corrected chi connectivity index (χ3v) is 3.25. The van der Waals surface area contributed by atoms with Crippen molar-refractivity contribution >= 4 is 16.7 Å². The summed E-state index contributed by atoms with van der Waals surface area (Å²) in [5.74, 6) is 1.67. The van der Waals surface area contributed by atoms with Gasteiger partial charge in [-0.15, -0.1) is 0 Å². The molecule has 0 bridgehead atoms. The van der Waals surface area contributed by atoms with Crippen LogP contribution in [-0.4, -0.2) is 22.0 Å². The maximum Gasteiger partial charge on any atom is 0.131 e. The predicted molar refractivity (Wildman–Crippen MR) is 81.7 cm³/mol. The Labute approximate surface area is 117 Å². The lowest BCUT2D eigenvalue weighted by Gasteiger charge is -2.08. The number of para-hydroxylation sites is 1. The van der Waals surface area contributed by atoms with E-state index in [2.05, 4.69) is 45.4 Å². The Morgan fingerprint density at radius 1 is 1.10 bits per heavy atom. The Balaban J connectivity index is 2.25. The molecule has 3 aromatic rings. The number of aromatic nitrogens is 3. The lowest BCUT2D eigenvalue weighted by atomic mass is 10.1. The Bertz CT molecular complexity index is 725. The summed E-state index contributed by atoms with van der Waals surface area (Å²) >= 11 is 0. The summed E-state index contributed by atoms with van der Waals surface area (Å²) in [5, 5.41) is 4.21. The standard InChI is InChI=1S/C16H16N4/c1-3-14-19-13(10-15(17-2)20-14)12-8-4-6-11-7-5-9-18-16(11)12/h4-10H,3H2,1-2H3,(H,17,19,20). The molecule has 4 heteroatoms. The molecule has 0 atom stereocenters. The van der Waals surface area contributed by atoms with Gasteiger partial charge in [0.1, 0.15) is 11.6 Å². The Hall–Kier alpha value is -2.49. The fourth-order valence-corrected chi connectivity index (χ4v) is 2.23. The summed E-state index contributed by atoms with van der Waals surface area (Å²) in [6.45, 7) is 2.06. The number of rotatable bonds is 3. The zero-order valence-corrected chi connectivity index (χ0v) is 11.6. The van der Waals surface area contributed by atoms with E-state index in [4.69, 9.17) is 0 Å². The molecule has 0 amide bonds. The van der Waals surface area contributed by atoms with Gasteiger partial charge >= 0.3 is 0 Å². The van der Waals surface area contributed by atoms with Gasteiger partial charge in [-0.1, -0.05) is 31.2 Å². The SMILES string of the molecule is CCc1nc(NC)cc(-c2cccc3cccnc23)n1. The highest BCUT2D eigenvalue weighted by molar-refractivity contribution is 5.92. The zero-order chi connectivity index (χ0) is 13.9. The molecule has 2 heterocycles. The van der Waals surface area contributed by atoms with Gasteiger partial charge in [0.2, 0.25) is 0 Å². The van der Waals surface area contributed by atoms with E-state index in [0.29, 0.717) is 0 Å². The van der Waals surface area contributed by atoms with Crippen LogP contribution < -0.4 is 5.32 Å². The summed E-state index contributed by atoms with van der Waals surface area (Å²) in [6, 6.07) is 12.1. The molecule has 0 aliphatic carbocycles. The molecule has 2 aromatic heterocycles. The van der Waals surface area contributed by atoms with Crippen LogP contribution in [0.25, 0.3) is 22.2 Å².